The first-order chi connectivity index (χ1) is 13.5. The van der Waals surface area contributed by atoms with Crippen molar-refractivity contribution in [3.8, 4) is 0 Å². The third-order valence-electron chi connectivity index (χ3n) is 4.40. The Morgan fingerprint density at radius 3 is 2.54 bits per heavy atom. The van der Waals surface area contributed by atoms with Gasteiger partial charge in [-0.3, -0.25) is 4.79 Å². The first-order valence-electron chi connectivity index (χ1n) is 8.97. The van der Waals surface area contributed by atoms with E-state index in [-0.39, 0.29) is 12.5 Å². The van der Waals surface area contributed by atoms with E-state index in [0.29, 0.717) is 25.3 Å². The van der Waals surface area contributed by atoms with Crippen LogP contribution in [0.15, 0.2) is 47.1 Å². The predicted octanol–water partition coefficient (Wildman–Crippen LogP) is 2.50. The molecule has 0 atom stereocenters. The number of carbonyl (C=O) groups is 2. The second-order valence-corrected chi connectivity index (χ2v) is 7.37. The number of halogens is 1. The third kappa shape index (κ3) is 5.53. The fourth-order valence-electron chi connectivity index (χ4n) is 2.76. The Kier molecular flexibility index (Phi) is 7.00. The van der Waals surface area contributed by atoms with Crippen molar-refractivity contribution in [3.05, 3.63) is 58.2 Å². The minimum Gasteiger partial charge on any atom is -0.452 e. The number of pyridine rings is 1. The van der Waals surface area contributed by atoms with E-state index in [0.717, 1.165) is 28.9 Å². The summed E-state index contributed by atoms with van der Waals surface area (Å²) in [5.74, 6) is -0.0364. The lowest BCUT2D eigenvalue weighted by molar-refractivity contribution is -0.133. The van der Waals surface area contributed by atoms with Gasteiger partial charge in [0, 0.05) is 37.4 Å². The molecule has 0 N–H and O–H groups in total. The highest BCUT2D eigenvalue weighted by molar-refractivity contribution is 9.10. The van der Waals surface area contributed by atoms with Crippen LogP contribution in [0.1, 0.15) is 15.9 Å². The first kappa shape index (κ1) is 20.3. The van der Waals surface area contributed by atoms with E-state index in [2.05, 4.69) is 25.8 Å². The number of ether oxygens (including phenoxy) is 2. The Labute approximate surface area is 172 Å². The number of hydrogen-bond donors (Lipinski definition) is 0. The zero-order valence-electron chi connectivity index (χ0n) is 15.6. The smallest absolute Gasteiger partial charge is 0.340 e. The third-order valence-corrected chi connectivity index (χ3v) is 4.93. The Hall–Kier alpha value is -2.45. The topological polar surface area (TPSA) is 72.0 Å². The molecule has 1 amide bonds. The lowest BCUT2D eigenvalue weighted by Crippen LogP contribution is -2.36. The number of benzene rings is 1. The minimum atomic E-state index is -0.564. The number of esters is 1. The molecule has 0 spiro atoms. The Bertz CT molecular complexity index is 805. The Morgan fingerprint density at radius 2 is 1.89 bits per heavy atom. The highest BCUT2D eigenvalue weighted by atomic mass is 79.9. The summed E-state index contributed by atoms with van der Waals surface area (Å²) >= 11 is 3.38. The van der Waals surface area contributed by atoms with E-state index >= 15 is 0 Å². The van der Waals surface area contributed by atoms with Gasteiger partial charge in [-0.05, 0) is 29.8 Å². The van der Waals surface area contributed by atoms with Gasteiger partial charge in [-0.1, -0.05) is 28.1 Å². The number of likely N-dealkylation sites (N-methyl/N-ethyl adjacent to an activating group) is 1. The first-order valence-corrected chi connectivity index (χ1v) is 9.76. The van der Waals surface area contributed by atoms with E-state index in [1.54, 1.807) is 19.2 Å². The summed E-state index contributed by atoms with van der Waals surface area (Å²) in [6.07, 6.45) is 1.48. The molecule has 7 nitrogen and oxygen atoms in total. The maximum atomic E-state index is 12.2. The molecule has 1 aliphatic rings. The van der Waals surface area contributed by atoms with Gasteiger partial charge in [-0.2, -0.15) is 0 Å². The lowest BCUT2D eigenvalue weighted by atomic mass is 10.2. The summed E-state index contributed by atoms with van der Waals surface area (Å²) in [5, 5.41) is 0. The van der Waals surface area contributed by atoms with Crippen LogP contribution in [0.25, 0.3) is 0 Å². The average molecular weight is 448 g/mol. The molecule has 2 aromatic rings. The van der Waals surface area contributed by atoms with Crippen LogP contribution in [0.5, 0.6) is 0 Å². The van der Waals surface area contributed by atoms with Gasteiger partial charge in [-0.15, -0.1) is 0 Å². The standard InChI is InChI=1S/C20H22BrN3O4/c1-23(13-15-2-5-17(21)6-3-15)19(25)14-28-20(26)16-4-7-18(22-12-16)24-8-10-27-11-9-24/h2-7,12H,8-11,13-14H2,1H3. The van der Waals surface area contributed by atoms with Gasteiger partial charge < -0.3 is 19.3 Å². The van der Waals surface area contributed by atoms with Gasteiger partial charge in [0.15, 0.2) is 6.61 Å². The zero-order chi connectivity index (χ0) is 19.9. The maximum Gasteiger partial charge on any atom is 0.340 e. The van der Waals surface area contributed by atoms with Crippen molar-refractivity contribution < 1.29 is 19.1 Å². The fourth-order valence-corrected chi connectivity index (χ4v) is 3.02. The fraction of sp³-hybridized carbons (Fsp3) is 0.350. The number of anilines is 1. The van der Waals surface area contributed by atoms with Crippen molar-refractivity contribution in [1.29, 1.82) is 0 Å². The van der Waals surface area contributed by atoms with Crippen molar-refractivity contribution in [2.75, 3.05) is 44.9 Å². The van der Waals surface area contributed by atoms with Gasteiger partial charge in [-0.25, -0.2) is 9.78 Å². The van der Waals surface area contributed by atoms with Crippen LogP contribution in [0, 0.1) is 0 Å². The molecule has 28 heavy (non-hydrogen) atoms. The quantitative estimate of drug-likeness (QED) is 0.633. The monoisotopic (exact) mass is 447 g/mol. The lowest BCUT2D eigenvalue weighted by Gasteiger charge is -2.27. The zero-order valence-corrected chi connectivity index (χ0v) is 17.2. The minimum absolute atomic E-state index is 0.269. The van der Waals surface area contributed by atoms with Gasteiger partial charge in [0.05, 0.1) is 18.8 Å². The Balaban J connectivity index is 1.48. The molecule has 0 saturated carbocycles. The molecule has 1 aromatic carbocycles. The molecule has 1 saturated heterocycles. The van der Waals surface area contributed by atoms with Crippen LogP contribution in [-0.2, 0) is 20.8 Å². The molecule has 1 aliphatic heterocycles. The molecular weight excluding hydrogens is 426 g/mol. The summed E-state index contributed by atoms with van der Waals surface area (Å²) in [4.78, 5) is 32.3. The molecule has 0 unspecified atom stereocenters. The van der Waals surface area contributed by atoms with Crippen LogP contribution in [0.4, 0.5) is 5.82 Å². The molecule has 1 fully saturated rings. The van der Waals surface area contributed by atoms with E-state index in [4.69, 9.17) is 9.47 Å². The van der Waals surface area contributed by atoms with E-state index in [9.17, 15) is 9.59 Å². The van der Waals surface area contributed by atoms with Crippen LogP contribution in [-0.4, -0.2) is 61.7 Å². The van der Waals surface area contributed by atoms with Gasteiger partial charge >= 0.3 is 5.97 Å². The van der Waals surface area contributed by atoms with Crippen LogP contribution in [0.3, 0.4) is 0 Å². The number of aromatic nitrogens is 1. The maximum absolute atomic E-state index is 12.2. The summed E-state index contributed by atoms with van der Waals surface area (Å²) in [6.45, 7) is 3.02. The van der Waals surface area contributed by atoms with Crippen molar-refractivity contribution in [2.45, 2.75) is 6.54 Å². The molecule has 0 radical (unpaired) electrons. The van der Waals surface area contributed by atoms with Crippen LogP contribution < -0.4 is 4.90 Å². The second kappa shape index (κ2) is 9.66. The summed E-state index contributed by atoms with van der Waals surface area (Å²) < 4.78 is 11.4. The molecule has 148 valence electrons. The predicted molar refractivity (Wildman–Crippen MR) is 108 cm³/mol. The molecule has 2 heterocycles. The molecule has 8 heteroatoms. The average Bonchev–Trinajstić information content (AvgIpc) is 2.74. The number of nitrogens with zero attached hydrogens (tertiary/aromatic N) is 3. The summed E-state index contributed by atoms with van der Waals surface area (Å²) in [7, 11) is 1.68. The Morgan fingerprint density at radius 1 is 1.18 bits per heavy atom. The van der Waals surface area contributed by atoms with Crippen molar-refractivity contribution in [2.24, 2.45) is 0 Å². The highest BCUT2D eigenvalue weighted by Crippen LogP contribution is 2.14. The number of rotatable bonds is 6. The highest BCUT2D eigenvalue weighted by Gasteiger charge is 2.16. The number of carbonyl (C=O) groups excluding carboxylic acids is 2. The number of hydrogen-bond acceptors (Lipinski definition) is 6. The normalized spacial score (nSPS) is 13.9. The summed E-state index contributed by atoms with van der Waals surface area (Å²) in [5.41, 5.74) is 1.31. The molecule has 0 bridgehead atoms. The van der Waals surface area contributed by atoms with Crippen molar-refractivity contribution >= 4 is 33.6 Å². The summed E-state index contributed by atoms with van der Waals surface area (Å²) in [6, 6.07) is 11.1. The molecular formula is C20H22BrN3O4. The van der Waals surface area contributed by atoms with Gasteiger partial charge in [0.1, 0.15) is 5.82 Å². The molecule has 3 rings (SSSR count). The molecule has 0 aliphatic carbocycles. The van der Waals surface area contributed by atoms with E-state index in [1.807, 2.05) is 24.3 Å². The number of amides is 1. The van der Waals surface area contributed by atoms with Crippen LogP contribution in [0.2, 0.25) is 0 Å². The van der Waals surface area contributed by atoms with Gasteiger partial charge in [0.25, 0.3) is 5.91 Å². The van der Waals surface area contributed by atoms with Gasteiger partial charge in [0.2, 0.25) is 0 Å². The van der Waals surface area contributed by atoms with Crippen LogP contribution >= 0.6 is 15.9 Å². The largest absolute Gasteiger partial charge is 0.452 e. The van der Waals surface area contributed by atoms with E-state index in [1.165, 1.54) is 11.1 Å². The molecule has 1 aromatic heterocycles. The van der Waals surface area contributed by atoms with Crippen molar-refractivity contribution in [1.82, 2.24) is 9.88 Å². The number of morpholine rings is 1. The second-order valence-electron chi connectivity index (χ2n) is 6.46. The van der Waals surface area contributed by atoms with E-state index < -0.39 is 5.97 Å². The van der Waals surface area contributed by atoms with Crippen molar-refractivity contribution in [3.63, 3.8) is 0 Å². The SMILES string of the molecule is CN(Cc1ccc(Br)cc1)C(=O)COC(=O)c1ccc(N2CCOCC2)nc1.